The molecule has 1 rings (SSSR count). The van der Waals surface area contributed by atoms with Crippen LogP contribution in [0, 0.1) is 0 Å². The number of carboxylic acid groups (broad SMARTS) is 1. The van der Waals surface area contributed by atoms with E-state index >= 15 is 0 Å². The molecule has 0 aromatic carbocycles. The Morgan fingerprint density at radius 1 is 1.70 bits per heavy atom. The average Bonchev–Trinajstić information content (AvgIpc) is 1.88. The number of aliphatic carboxylic acids is 1. The summed E-state index contributed by atoms with van der Waals surface area (Å²) >= 11 is 0. The van der Waals surface area contributed by atoms with E-state index in [1.54, 1.807) is 6.92 Å². The number of hydrogen-bond donors (Lipinski definition) is 1. The van der Waals surface area contributed by atoms with Crippen molar-refractivity contribution in [3.8, 4) is 0 Å². The smallest absolute Gasteiger partial charge is 0.333 e. The molecular weight excluding hydrogens is 136 g/mol. The lowest BCUT2D eigenvalue weighted by Crippen LogP contribution is -2.35. The fourth-order valence-corrected chi connectivity index (χ4v) is 0.861. The van der Waals surface area contributed by atoms with Gasteiger partial charge in [-0.3, -0.25) is 0 Å². The molecule has 0 saturated carbocycles. The van der Waals surface area contributed by atoms with E-state index in [0.717, 1.165) is 0 Å². The molecule has 0 aromatic rings. The maximum atomic E-state index is 10.3. The van der Waals surface area contributed by atoms with Crippen molar-refractivity contribution in [1.82, 2.24) is 0 Å². The molecule has 1 heterocycles. The summed E-state index contributed by atoms with van der Waals surface area (Å²) in [4.78, 5) is 10.3. The SMILES string of the molecule is C[C@@H]1OCC[C@@H](C(=O)O)O1. The first-order chi connectivity index (χ1) is 4.70. The normalized spacial score (nSPS) is 33.7. The Hall–Kier alpha value is -0.610. The van der Waals surface area contributed by atoms with E-state index < -0.39 is 12.1 Å². The Balaban J connectivity index is 2.39. The molecule has 0 amide bonds. The van der Waals surface area contributed by atoms with Crippen LogP contribution in [0.4, 0.5) is 0 Å². The van der Waals surface area contributed by atoms with Gasteiger partial charge in [0.05, 0.1) is 6.61 Å². The molecule has 1 aliphatic rings. The van der Waals surface area contributed by atoms with Crippen LogP contribution in [0.5, 0.6) is 0 Å². The Morgan fingerprint density at radius 2 is 2.40 bits per heavy atom. The Labute approximate surface area is 58.7 Å². The molecule has 4 heteroatoms. The molecular formula is C6H10O4. The van der Waals surface area contributed by atoms with E-state index in [1.807, 2.05) is 0 Å². The zero-order valence-corrected chi connectivity index (χ0v) is 5.74. The van der Waals surface area contributed by atoms with Crippen LogP contribution in [0.2, 0.25) is 0 Å². The highest BCUT2D eigenvalue weighted by molar-refractivity contribution is 5.72. The van der Waals surface area contributed by atoms with Crippen LogP contribution in [0.1, 0.15) is 13.3 Å². The summed E-state index contributed by atoms with van der Waals surface area (Å²) in [6.45, 7) is 2.16. The zero-order valence-electron chi connectivity index (χ0n) is 5.74. The number of carboxylic acids is 1. The summed E-state index contributed by atoms with van der Waals surface area (Å²) in [5, 5.41) is 8.48. The van der Waals surface area contributed by atoms with Crippen molar-refractivity contribution in [3.05, 3.63) is 0 Å². The molecule has 1 N–H and O–H groups in total. The molecule has 0 unspecified atom stereocenters. The van der Waals surface area contributed by atoms with Crippen LogP contribution in [0.3, 0.4) is 0 Å². The van der Waals surface area contributed by atoms with Gasteiger partial charge in [-0.1, -0.05) is 0 Å². The Morgan fingerprint density at radius 3 is 2.80 bits per heavy atom. The van der Waals surface area contributed by atoms with Gasteiger partial charge in [0.2, 0.25) is 0 Å². The summed E-state index contributed by atoms with van der Waals surface area (Å²) in [7, 11) is 0. The van der Waals surface area contributed by atoms with Gasteiger partial charge in [0.25, 0.3) is 0 Å². The highest BCUT2D eigenvalue weighted by Crippen LogP contribution is 2.11. The van der Waals surface area contributed by atoms with Crippen molar-refractivity contribution in [1.29, 1.82) is 0 Å². The molecule has 0 radical (unpaired) electrons. The summed E-state index contributed by atoms with van der Waals surface area (Å²) < 4.78 is 9.90. The monoisotopic (exact) mass is 146 g/mol. The number of hydrogen-bond acceptors (Lipinski definition) is 3. The highest BCUT2D eigenvalue weighted by Gasteiger charge is 2.25. The Kier molecular flexibility index (Phi) is 2.24. The first kappa shape index (κ1) is 7.50. The topological polar surface area (TPSA) is 55.8 Å². The molecule has 1 fully saturated rings. The van der Waals surface area contributed by atoms with Gasteiger partial charge in [-0.05, 0) is 6.92 Å². The summed E-state index contributed by atoms with van der Waals surface area (Å²) in [6.07, 6.45) is -0.613. The van der Waals surface area contributed by atoms with Gasteiger partial charge in [-0.2, -0.15) is 0 Å². The second-order valence-electron chi connectivity index (χ2n) is 2.19. The summed E-state index contributed by atoms with van der Waals surface area (Å²) in [6, 6.07) is 0. The van der Waals surface area contributed by atoms with E-state index in [1.165, 1.54) is 0 Å². The molecule has 1 aliphatic heterocycles. The number of rotatable bonds is 1. The molecule has 0 spiro atoms. The summed E-state index contributed by atoms with van der Waals surface area (Å²) in [5.74, 6) is -0.907. The lowest BCUT2D eigenvalue weighted by atomic mass is 10.2. The number of ether oxygens (including phenoxy) is 2. The van der Waals surface area contributed by atoms with Gasteiger partial charge >= 0.3 is 5.97 Å². The minimum absolute atomic E-state index is 0.380. The zero-order chi connectivity index (χ0) is 7.56. The predicted molar refractivity (Wildman–Crippen MR) is 32.5 cm³/mol. The van der Waals surface area contributed by atoms with Crippen molar-refractivity contribution in [2.45, 2.75) is 25.7 Å². The van der Waals surface area contributed by atoms with Crippen molar-refractivity contribution in [3.63, 3.8) is 0 Å². The average molecular weight is 146 g/mol. The maximum absolute atomic E-state index is 10.3. The first-order valence-electron chi connectivity index (χ1n) is 3.20. The maximum Gasteiger partial charge on any atom is 0.333 e. The van der Waals surface area contributed by atoms with Crippen molar-refractivity contribution in [2.24, 2.45) is 0 Å². The number of carbonyl (C=O) groups is 1. The van der Waals surface area contributed by atoms with Gasteiger partial charge in [0.15, 0.2) is 12.4 Å². The second-order valence-corrected chi connectivity index (χ2v) is 2.19. The van der Waals surface area contributed by atoms with Crippen LogP contribution in [0.25, 0.3) is 0 Å². The quantitative estimate of drug-likeness (QED) is 0.575. The molecule has 10 heavy (non-hydrogen) atoms. The predicted octanol–water partition coefficient (Wildman–Crippen LogP) is 0.222. The first-order valence-corrected chi connectivity index (χ1v) is 3.20. The van der Waals surface area contributed by atoms with Gasteiger partial charge in [0, 0.05) is 6.42 Å². The van der Waals surface area contributed by atoms with Gasteiger partial charge in [-0.15, -0.1) is 0 Å². The fraction of sp³-hybridized carbons (Fsp3) is 0.833. The fourth-order valence-electron chi connectivity index (χ4n) is 0.861. The molecule has 4 nitrogen and oxygen atoms in total. The standard InChI is InChI=1S/C6H10O4/c1-4-9-3-2-5(10-4)6(7)8/h4-5H,2-3H2,1H3,(H,7,8)/t4-,5+/m1/s1. The molecule has 1 saturated heterocycles. The second kappa shape index (κ2) is 2.98. The van der Waals surface area contributed by atoms with Crippen molar-refractivity contribution < 1.29 is 19.4 Å². The van der Waals surface area contributed by atoms with Gasteiger partial charge in [0.1, 0.15) is 0 Å². The molecule has 2 atom stereocenters. The molecule has 0 aromatic heterocycles. The van der Waals surface area contributed by atoms with Crippen LogP contribution in [-0.4, -0.2) is 30.1 Å². The van der Waals surface area contributed by atoms with Crippen molar-refractivity contribution >= 4 is 5.97 Å². The third-order valence-electron chi connectivity index (χ3n) is 1.36. The highest BCUT2D eigenvalue weighted by atomic mass is 16.7. The minimum atomic E-state index is -0.907. The van der Waals surface area contributed by atoms with E-state index in [2.05, 4.69) is 0 Å². The largest absolute Gasteiger partial charge is 0.479 e. The van der Waals surface area contributed by atoms with E-state index in [9.17, 15) is 4.79 Å². The minimum Gasteiger partial charge on any atom is -0.479 e. The third-order valence-corrected chi connectivity index (χ3v) is 1.36. The van der Waals surface area contributed by atoms with Crippen LogP contribution >= 0.6 is 0 Å². The molecule has 0 bridgehead atoms. The lowest BCUT2D eigenvalue weighted by molar-refractivity contribution is -0.212. The van der Waals surface area contributed by atoms with E-state index in [-0.39, 0.29) is 6.29 Å². The van der Waals surface area contributed by atoms with Crippen LogP contribution in [0.15, 0.2) is 0 Å². The van der Waals surface area contributed by atoms with Gasteiger partial charge in [-0.25, -0.2) is 4.79 Å². The van der Waals surface area contributed by atoms with Gasteiger partial charge < -0.3 is 14.6 Å². The third kappa shape index (κ3) is 1.68. The van der Waals surface area contributed by atoms with Crippen LogP contribution < -0.4 is 0 Å². The molecule has 58 valence electrons. The van der Waals surface area contributed by atoms with Crippen molar-refractivity contribution in [2.75, 3.05) is 6.61 Å². The Bertz CT molecular complexity index is 134. The van der Waals surface area contributed by atoms with E-state index in [4.69, 9.17) is 14.6 Å². The summed E-state index contributed by atoms with van der Waals surface area (Å²) in [5.41, 5.74) is 0. The molecule has 0 aliphatic carbocycles. The lowest BCUT2D eigenvalue weighted by Gasteiger charge is -2.24. The van der Waals surface area contributed by atoms with E-state index in [0.29, 0.717) is 13.0 Å². The van der Waals surface area contributed by atoms with Crippen LogP contribution in [-0.2, 0) is 14.3 Å².